The number of rotatable bonds is 10. The molecular formula is C27H29N5O4S. The molecule has 5 rings (SSSR count). The highest BCUT2D eigenvalue weighted by molar-refractivity contribution is 7.09. The standard InChI is InChI=1S/C27H29N5O4S/c1-35-20-8-4-7-19(15-20)26(27(34)28-16-21-9-5-13-36-21)31(17-22-10-6-14-37-22)25(33)18-32-24-12-3-2-11-23(24)29-30-32/h2-4,6-8,10-12,14-15,21,26H,5,9,13,16-18H2,1H3,(H,28,34)/t21-,26-/m1/s1. The second-order valence-electron chi connectivity index (χ2n) is 8.90. The van der Waals surface area contributed by atoms with E-state index in [1.165, 1.54) is 11.3 Å². The normalized spacial score (nSPS) is 16.0. The largest absolute Gasteiger partial charge is 0.497 e. The number of hydrogen-bond acceptors (Lipinski definition) is 7. The Labute approximate surface area is 219 Å². The third kappa shape index (κ3) is 5.81. The molecule has 0 bridgehead atoms. The van der Waals surface area contributed by atoms with Crippen molar-refractivity contribution in [2.24, 2.45) is 0 Å². The maximum absolute atomic E-state index is 13.9. The molecule has 0 aliphatic carbocycles. The molecule has 0 radical (unpaired) electrons. The van der Waals surface area contributed by atoms with Gasteiger partial charge in [-0.25, -0.2) is 4.68 Å². The number of carbonyl (C=O) groups excluding carboxylic acids is 2. The summed E-state index contributed by atoms with van der Waals surface area (Å²) >= 11 is 1.54. The quantitative estimate of drug-likeness (QED) is 0.344. The lowest BCUT2D eigenvalue weighted by Crippen LogP contribution is -2.46. The highest BCUT2D eigenvalue weighted by atomic mass is 32.1. The predicted octanol–water partition coefficient (Wildman–Crippen LogP) is 3.57. The van der Waals surface area contributed by atoms with Crippen LogP contribution in [0.4, 0.5) is 0 Å². The van der Waals surface area contributed by atoms with Gasteiger partial charge in [0.2, 0.25) is 11.8 Å². The Morgan fingerprint density at radius 1 is 1.22 bits per heavy atom. The van der Waals surface area contributed by atoms with Crippen LogP contribution in [-0.4, -0.2) is 58.1 Å². The van der Waals surface area contributed by atoms with Crippen molar-refractivity contribution in [2.45, 2.75) is 38.1 Å². The number of fused-ring (bicyclic) bond motifs is 1. The number of hydrogen-bond donors (Lipinski definition) is 1. The van der Waals surface area contributed by atoms with Crippen LogP contribution in [0.1, 0.15) is 29.3 Å². The van der Waals surface area contributed by atoms with Gasteiger partial charge < -0.3 is 19.7 Å². The van der Waals surface area contributed by atoms with Crippen molar-refractivity contribution in [3.63, 3.8) is 0 Å². The molecule has 2 aromatic carbocycles. The van der Waals surface area contributed by atoms with Crippen LogP contribution in [-0.2, 0) is 27.4 Å². The van der Waals surface area contributed by atoms with E-state index < -0.39 is 6.04 Å². The van der Waals surface area contributed by atoms with Crippen molar-refractivity contribution in [2.75, 3.05) is 20.3 Å². The summed E-state index contributed by atoms with van der Waals surface area (Å²) in [6, 6.07) is 17.8. The second kappa shape index (κ2) is 11.5. The zero-order chi connectivity index (χ0) is 25.6. The van der Waals surface area contributed by atoms with E-state index in [0.717, 1.165) is 23.2 Å². The number of nitrogens with zero attached hydrogens (tertiary/aromatic N) is 4. The third-order valence-corrected chi connectivity index (χ3v) is 7.29. The highest BCUT2D eigenvalue weighted by Gasteiger charge is 2.33. The van der Waals surface area contributed by atoms with E-state index in [1.54, 1.807) is 22.8 Å². The fourth-order valence-corrected chi connectivity index (χ4v) is 5.25. The maximum atomic E-state index is 13.9. The van der Waals surface area contributed by atoms with Crippen LogP contribution >= 0.6 is 11.3 Å². The molecule has 3 heterocycles. The predicted molar refractivity (Wildman–Crippen MR) is 140 cm³/mol. The summed E-state index contributed by atoms with van der Waals surface area (Å²) in [5, 5.41) is 13.4. The average Bonchev–Trinajstić information content (AvgIpc) is 3.70. The third-order valence-electron chi connectivity index (χ3n) is 6.43. The monoisotopic (exact) mass is 519 g/mol. The molecule has 0 saturated carbocycles. The first-order chi connectivity index (χ1) is 18.1. The van der Waals surface area contributed by atoms with Gasteiger partial charge in [-0.2, -0.15) is 0 Å². The number of amides is 2. The van der Waals surface area contributed by atoms with Gasteiger partial charge in [0.25, 0.3) is 0 Å². The van der Waals surface area contributed by atoms with Gasteiger partial charge in [0.1, 0.15) is 23.9 Å². The molecular weight excluding hydrogens is 490 g/mol. The zero-order valence-corrected chi connectivity index (χ0v) is 21.4. The van der Waals surface area contributed by atoms with Crippen LogP contribution in [0, 0.1) is 0 Å². The van der Waals surface area contributed by atoms with E-state index in [2.05, 4.69) is 15.6 Å². The van der Waals surface area contributed by atoms with Gasteiger partial charge in [-0.3, -0.25) is 9.59 Å². The van der Waals surface area contributed by atoms with Crippen molar-refractivity contribution in [1.29, 1.82) is 0 Å². The summed E-state index contributed by atoms with van der Waals surface area (Å²) in [5.74, 6) is 0.0986. The summed E-state index contributed by atoms with van der Waals surface area (Å²) in [6.07, 6.45) is 1.87. The van der Waals surface area contributed by atoms with E-state index in [1.807, 2.05) is 60.0 Å². The first-order valence-electron chi connectivity index (χ1n) is 12.3. The van der Waals surface area contributed by atoms with Crippen molar-refractivity contribution in [3.05, 3.63) is 76.5 Å². The van der Waals surface area contributed by atoms with Crippen LogP contribution < -0.4 is 10.1 Å². The van der Waals surface area contributed by atoms with Gasteiger partial charge in [0.15, 0.2) is 0 Å². The van der Waals surface area contributed by atoms with Crippen LogP contribution in [0.5, 0.6) is 5.75 Å². The minimum atomic E-state index is -0.874. The topological polar surface area (TPSA) is 98.6 Å². The number of methoxy groups -OCH3 is 1. The van der Waals surface area contributed by atoms with Crippen molar-refractivity contribution < 1.29 is 19.1 Å². The van der Waals surface area contributed by atoms with Gasteiger partial charge in [0.05, 0.1) is 25.3 Å². The molecule has 2 atom stereocenters. The number of aromatic nitrogens is 3. The minimum absolute atomic E-state index is 0.0159. The number of thiophene rings is 1. The first-order valence-corrected chi connectivity index (χ1v) is 13.1. The molecule has 1 aliphatic rings. The van der Waals surface area contributed by atoms with E-state index in [0.29, 0.717) is 30.0 Å². The summed E-state index contributed by atoms with van der Waals surface area (Å²) in [7, 11) is 1.58. The van der Waals surface area contributed by atoms with Crippen molar-refractivity contribution >= 4 is 34.2 Å². The number of ether oxygens (including phenoxy) is 2. The van der Waals surface area contributed by atoms with Crippen LogP contribution in [0.3, 0.4) is 0 Å². The fourth-order valence-electron chi connectivity index (χ4n) is 4.55. The minimum Gasteiger partial charge on any atom is -0.497 e. The zero-order valence-electron chi connectivity index (χ0n) is 20.6. The Morgan fingerprint density at radius 3 is 2.89 bits per heavy atom. The average molecular weight is 520 g/mol. The lowest BCUT2D eigenvalue weighted by molar-refractivity contribution is -0.142. The Bertz CT molecular complexity index is 1350. The van der Waals surface area contributed by atoms with Gasteiger partial charge in [-0.05, 0) is 54.1 Å². The number of para-hydroxylation sites is 1. The fraction of sp³-hybridized carbons (Fsp3) is 0.333. The van der Waals surface area contributed by atoms with E-state index in [-0.39, 0.29) is 31.0 Å². The van der Waals surface area contributed by atoms with E-state index in [4.69, 9.17) is 9.47 Å². The molecule has 0 unspecified atom stereocenters. The van der Waals surface area contributed by atoms with Crippen LogP contribution in [0.25, 0.3) is 11.0 Å². The van der Waals surface area contributed by atoms with E-state index in [9.17, 15) is 9.59 Å². The molecule has 1 aliphatic heterocycles. The molecule has 4 aromatic rings. The number of benzene rings is 2. The Balaban J connectivity index is 1.49. The molecule has 37 heavy (non-hydrogen) atoms. The second-order valence-corrected chi connectivity index (χ2v) is 9.93. The van der Waals surface area contributed by atoms with Gasteiger partial charge in [-0.15, -0.1) is 16.4 Å². The molecule has 0 spiro atoms. The molecule has 1 N–H and O–H groups in total. The lowest BCUT2D eigenvalue weighted by Gasteiger charge is -2.31. The number of nitrogens with one attached hydrogen (secondary N) is 1. The molecule has 10 heteroatoms. The van der Waals surface area contributed by atoms with Crippen LogP contribution in [0.2, 0.25) is 0 Å². The van der Waals surface area contributed by atoms with Crippen molar-refractivity contribution in [1.82, 2.24) is 25.2 Å². The Kier molecular flexibility index (Phi) is 7.76. The summed E-state index contributed by atoms with van der Waals surface area (Å²) in [6.45, 7) is 1.33. The van der Waals surface area contributed by atoms with Crippen LogP contribution in [0.15, 0.2) is 66.0 Å². The Hall–Kier alpha value is -3.76. The number of carbonyl (C=O) groups is 2. The maximum Gasteiger partial charge on any atom is 0.247 e. The summed E-state index contributed by atoms with van der Waals surface area (Å²) in [5.41, 5.74) is 2.13. The van der Waals surface area contributed by atoms with Gasteiger partial charge in [-0.1, -0.05) is 35.5 Å². The molecule has 2 aromatic heterocycles. The molecule has 2 amide bonds. The first kappa shape index (κ1) is 24.9. The highest BCUT2D eigenvalue weighted by Crippen LogP contribution is 2.28. The molecule has 1 fully saturated rings. The van der Waals surface area contributed by atoms with Gasteiger partial charge >= 0.3 is 0 Å². The van der Waals surface area contributed by atoms with Crippen molar-refractivity contribution in [3.8, 4) is 5.75 Å². The summed E-state index contributed by atoms with van der Waals surface area (Å²) < 4.78 is 12.7. The smallest absolute Gasteiger partial charge is 0.247 e. The lowest BCUT2D eigenvalue weighted by atomic mass is 10.0. The molecule has 9 nitrogen and oxygen atoms in total. The van der Waals surface area contributed by atoms with Gasteiger partial charge in [0, 0.05) is 18.0 Å². The summed E-state index contributed by atoms with van der Waals surface area (Å²) in [4.78, 5) is 30.3. The Morgan fingerprint density at radius 2 is 2.11 bits per heavy atom. The van der Waals surface area contributed by atoms with E-state index >= 15 is 0 Å². The molecule has 192 valence electrons. The molecule has 1 saturated heterocycles. The SMILES string of the molecule is COc1cccc([C@H](C(=O)NC[C@H]2CCCO2)N(Cc2cccs2)C(=O)Cn2nnc3ccccc32)c1.